The van der Waals surface area contributed by atoms with E-state index in [0.29, 0.717) is 0 Å². The van der Waals surface area contributed by atoms with Crippen LogP contribution in [0.4, 0.5) is 50.9 Å². The van der Waals surface area contributed by atoms with E-state index in [1.807, 2.05) is 78.9 Å². The van der Waals surface area contributed by atoms with E-state index in [9.17, 15) is 47.9 Å². The normalized spacial score (nSPS) is 12.3. The van der Waals surface area contributed by atoms with E-state index < -0.39 is 33.4 Å². The third kappa shape index (κ3) is 8.55. The third-order valence-corrected chi connectivity index (χ3v) is 5.18. The zero-order valence-corrected chi connectivity index (χ0v) is 20.1. The molecule has 0 saturated heterocycles. The van der Waals surface area contributed by atoms with E-state index in [4.69, 9.17) is 4.55 Å². The van der Waals surface area contributed by atoms with Crippen LogP contribution < -0.4 is 10.9 Å². The molecule has 15 heteroatoms. The van der Waals surface area contributed by atoms with Crippen molar-refractivity contribution in [3.05, 3.63) is 96.6 Å². The summed E-state index contributed by atoms with van der Waals surface area (Å²) in [5.74, 6) is -14.7. The minimum absolute atomic E-state index is 1.05. The lowest BCUT2D eigenvalue weighted by Crippen LogP contribution is -2.63. The van der Waals surface area contributed by atoms with Gasteiger partial charge in [0.1, 0.15) is 0 Å². The Labute approximate surface area is 212 Å². The number of anilines is 2. The van der Waals surface area contributed by atoms with Gasteiger partial charge in [-0.25, -0.2) is 0 Å². The molecule has 0 aliphatic heterocycles. The highest BCUT2D eigenvalue weighted by Gasteiger charge is 2.85. The minimum atomic E-state index is -7.37. The summed E-state index contributed by atoms with van der Waals surface area (Å²) in [6, 6.07) is 30.3. The van der Waals surface area contributed by atoms with Gasteiger partial charge in [0, 0.05) is 0 Å². The van der Waals surface area contributed by atoms with Crippen molar-refractivity contribution in [2.45, 2.75) is 30.2 Å². The van der Waals surface area contributed by atoms with E-state index in [-0.39, 0.29) is 0 Å². The lowest BCUT2D eigenvalue weighted by Gasteiger charge is -2.31. The summed E-state index contributed by atoms with van der Waals surface area (Å²) >= 11 is 0. The number of benzene rings is 3. The van der Waals surface area contributed by atoms with Gasteiger partial charge in [0.15, 0.2) is 0 Å². The molecule has 5 nitrogen and oxygen atoms in total. The molecule has 0 radical (unpaired) electrons. The Bertz CT molecular complexity index is 1170. The first-order chi connectivity index (χ1) is 17.3. The van der Waals surface area contributed by atoms with Crippen LogP contribution in [0.1, 0.15) is 5.56 Å². The first kappa shape index (κ1) is 32.6. The number of hydrogen-bond acceptors (Lipinski definition) is 4. The summed E-state index contributed by atoms with van der Waals surface area (Å²) in [5.41, 5.74) is 9.65. The van der Waals surface area contributed by atoms with Crippen LogP contribution in [0, 0.1) is 6.92 Å². The molecule has 3 rings (SSSR count). The Balaban J connectivity index is 0.000000306. The maximum Gasteiger partial charge on any atom is 0.460 e. The van der Waals surface area contributed by atoms with Crippen LogP contribution in [0.2, 0.25) is 0 Å². The minimum Gasteiger partial charge on any atom is -0.301 e. The first-order valence-electron chi connectivity index (χ1n) is 10.2. The van der Waals surface area contributed by atoms with Crippen molar-refractivity contribution in [1.29, 1.82) is 0 Å². The van der Waals surface area contributed by atoms with Crippen LogP contribution in [0.15, 0.2) is 91.0 Å². The molecule has 0 heterocycles. The second kappa shape index (κ2) is 12.9. The second-order valence-corrected chi connectivity index (χ2v) is 8.74. The SMILES string of the molecule is Cc1ccccc1.O=S(=O)(O)C(F)(F)C(F)(F)C(F)(F)C(F)(F)F.c1ccc(NNc2ccccc2)cc1. The molecule has 0 amide bonds. The van der Waals surface area contributed by atoms with E-state index in [2.05, 4.69) is 29.9 Å². The summed E-state index contributed by atoms with van der Waals surface area (Å²) in [7, 11) is -7.17. The molecule has 0 aliphatic rings. The number of alkyl halides is 9. The number of halogens is 9. The van der Waals surface area contributed by atoms with Crippen molar-refractivity contribution in [3.63, 3.8) is 0 Å². The highest BCUT2D eigenvalue weighted by Crippen LogP contribution is 2.54. The van der Waals surface area contributed by atoms with Crippen molar-refractivity contribution in [2.75, 3.05) is 10.9 Å². The van der Waals surface area contributed by atoms with Crippen LogP contribution in [-0.2, 0) is 10.1 Å². The molecule has 0 spiro atoms. The molecule has 0 unspecified atom stereocenters. The number of hydrazine groups is 1. The lowest BCUT2D eigenvalue weighted by atomic mass is 10.1. The Kier molecular flexibility index (Phi) is 11.0. The molecular weight excluding hydrogens is 555 g/mol. The molecule has 0 aliphatic carbocycles. The Morgan fingerprint density at radius 2 is 0.895 bits per heavy atom. The largest absolute Gasteiger partial charge is 0.460 e. The number of hydrogen-bond donors (Lipinski definition) is 3. The molecule has 3 aromatic carbocycles. The predicted octanol–water partition coefficient (Wildman–Crippen LogP) is 7.42. The molecule has 0 saturated carbocycles. The van der Waals surface area contributed by atoms with Crippen molar-refractivity contribution in [1.82, 2.24) is 0 Å². The zero-order chi connectivity index (χ0) is 29.3. The second-order valence-electron chi connectivity index (χ2n) is 7.28. The van der Waals surface area contributed by atoms with Crippen LogP contribution >= 0.6 is 0 Å². The smallest absolute Gasteiger partial charge is 0.301 e. The molecule has 3 N–H and O–H groups in total. The molecule has 3 aromatic rings. The number of rotatable bonds is 6. The fourth-order valence-electron chi connectivity index (χ4n) is 2.24. The molecular formula is C23H21F9N2O3S. The van der Waals surface area contributed by atoms with E-state index in [0.717, 1.165) is 11.4 Å². The molecule has 38 heavy (non-hydrogen) atoms. The Morgan fingerprint density at radius 1 is 0.579 bits per heavy atom. The summed E-state index contributed by atoms with van der Waals surface area (Å²) in [4.78, 5) is 0. The topological polar surface area (TPSA) is 78.4 Å². The van der Waals surface area contributed by atoms with Gasteiger partial charge in [-0.2, -0.15) is 47.9 Å². The maximum atomic E-state index is 12.2. The van der Waals surface area contributed by atoms with Crippen molar-refractivity contribution >= 4 is 21.5 Å². The maximum absolute atomic E-state index is 12.2. The highest BCUT2D eigenvalue weighted by atomic mass is 32.2. The van der Waals surface area contributed by atoms with Gasteiger partial charge in [0.2, 0.25) is 0 Å². The molecule has 0 bridgehead atoms. The van der Waals surface area contributed by atoms with Crippen molar-refractivity contribution in [3.8, 4) is 0 Å². The van der Waals surface area contributed by atoms with E-state index in [1.54, 1.807) is 0 Å². The van der Waals surface area contributed by atoms with Gasteiger partial charge in [0.05, 0.1) is 11.4 Å². The van der Waals surface area contributed by atoms with Gasteiger partial charge < -0.3 is 10.9 Å². The lowest BCUT2D eigenvalue weighted by molar-refractivity contribution is -0.382. The molecule has 0 atom stereocenters. The fraction of sp³-hybridized carbons (Fsp3) is 0.217. The Hall–Kier alpha value is -3.46. The summed E-state index contributed by atoms with van der Waals surface area (Å²) in [6.45, 7) is 2.08. The average Bonchev–Trinajstić information content (AvgIpc) is 2.84. The monoisotopic (exact) mass is 576 g/mol. The van der Waals surface area contributed by atoms with Crippen molar-refractivity contribution in [2.24, 2.45) is 0 Å². The Morgan fingerprint density at radius 3 is 1.13 bits per heavy atom. The fourth-order valence-corrected chi connectivity index (χ4v) is 2.70. The summed E-state index contributed by atoms with van der Waals surface area (Å²) in [6.07, 6.45) is -7.13. The van der Waals surface area contributed by atoms with Crippen molar-refractivity contribution < 1.29 is 52.5 Å². The van der Waals surface area contributed by atoms with Crippen LogP contribution in [-0.4, -0.2) is 36.2 Å². The van der Waals surface area contributed by atoms with E-state index >= 15 is 0 Å². The van der Waals surface area contributed by atoms with E-state index in [1.165, 1.54) is 5.56 Å². The van der Waals surface area contributed by atoms with Gasteiger partial charge in [-0.1, -0.05) is 72.3 Å². The van der Waals surface area contributed by atoms with Gasteiger partial charge >= 0.3 is 33.4 Å². The quantitative estimate of drug-likeness (QED) is 0.162. The number of para-hydroxylation sites is 2. The van der Waals surface area contributed by atoms with Gasteiger partial charge in [-0.05, 0) is 31.2 Å². The highest BCUT2D eigenvalue weighted by molar-refractivity contribution is 7.87. The van der Waals surface area contributed by atoms with Crippen LogP contribution in [0.25, 0.3) is 0 Å². The molecule has 0 aromatic heterocycles. The average molecular weight is 576 g/mol. The summed E-state index contributed by atoms with van der Waals surface area (Å²) < 4.78 is 134. The standard InChI is InChI=1S/C12H12N2.C7H8.C4HF9O3S/c1-3-7-11(8-4-1)13-14-12-9-5-2-6-10-12;1-7-5-3-2-4-6-7;5-1(6,3(9,10)11)2(7,8)4(12,13)17(14,15)16/h1-10,13-14H;2-6H,1H3;(H,14,15,16). The van der Waals surface area contributed by atoms with Gasteiger partial charge in [0.25, 0.3) is 0 Å². The predicted molar refractivity (Wildman–Crippen MR) is 124 cm³/mol. The number of nitrogens with one attached hydrogen (secondary N) is 2. The van der Waals surface area contributed by atoms with Crippen LogP contribution in [0.5, 0.6) is 0 Å². The molecule has 210 valence electrons. The molecule has 0 fully saturated rings. The first-order valence-corrected chi connectivity index (χ1v) is 11.6. The zero-order valence-electron chi connectivity index (χ0n) is 19.2. The van der Waals surface area contributed by atoms with Gasteiger partial charge in [-0.15, -0.1) is 0 Å². The summed E-state index contributed by atoms with van der Waals surface area (Å²) in [5, 5.41) is -7.00. The van der Waals surface area contributed by atoms with Gasteiger partial charge in [-0.3, -0.25) is 4.55 Å². The van der Waals surface area contributed by atoms with Crippen LogP contribution in [0.3, 0.4) is 0 Å². The third-order valence-electron chi connectivity index (χ3n) is 4.28. The number of aryl methyl sites for hydroxylation is 1.